The Morgan fingerprint density at radius 3 is 2.74 bits per heavy atom. The molecule has 5 aliphatic rings. The second-order valence-electron chi connectivity index (χ2n) is 13.6. The molecule has 13 heteroatoms. The molecule has 5 aliphatic heterocycles. The summed E-state index contributed by atoms with van der Waals surface area (Å²) in [6.45, 7) is 9.78. The maximum atomic E-state index is 15.6. The van der Waals surface area contributed by atoms with Crippen LogP contribution in [-0.4, -0.2) is 111 Å². The molecule has 0 aliphatic carbocycles. The summed E-state index contributed by atoms with van der Waals surface area (Å²) in [5.74, 6) is -0.0786. The van der Waals surface area contributed by atoms with E-state index in [1.54, 1.807) is 0 Å². The molecule has 0 unspecified atom stereocenters. The largest absolute Gasteiger partial charge is 0.461 e. The van der Waals surface area contributed by atoms with Gasteiger partial charge in [0, 0.05) is 38.4 Å². The van der Waals surface area contributed by atoms with Gasteiger partial charge >= 0.3 is 12.1 Å². The van der Waals surface area contributed by atoms with E-state index in [9.17, 15) is 9.18 Å². The number of nitrogens with zero attached hydrogens (tertiary/aromatic N) is 6. The number of rotatable bonds is 3. The number of hydrogen-bond donors (Lipinski definition) is 0. The van der Waals surface area contributed by atoms with Gasteiger partial charge < -0.3 is 14.4 Å². The van der Waals surface area contributed by atoms with Crippen LogP contribution in [0.1, 0.15) is 65.5 Å². The van der Waals surface area contributed by atoms with Crippen LogP contribution in [0.15, 0.2) is 0 Å². The van der Waals surface area contributed by atoms with Crippen LogP contribution in [0.25, 0.3) is 10.9 Å². The Morgan fingerprint density at radius 2 is 1.98 bits per heavy atom. The van der Waals surface area contributed by atoms with E-state index >= 15 is 4.39 Å². The number of aromatic nitrogens is 3. The van der Waals surface area contributed by atoms with Crippen LogP contribution in [-0.2, 0) is 11.2 Å². The third kappa shape index (κ3) is 4.83. The SMILES string of the molecule is C[C@H]1Cc2nc(Cl)c(F)c3nc(OC[C@@]45CCCN4C[C@H](F)C5)nc(c23)N2C[C@H]3CC[C@@H]([C@H]12)N3C(=O)OC(C)(C)C.[Li]. The number of fused-ring (bicyclic) bond motifs is 6. The Balaban J connectivity index is 0.00000316. The van der Waals surface area contributed by atoms with Gasteiger partial charge in [-0.2, -0.15) is 9.97 Å². The molecule has 2 aromatic rings. The predicted molar refractivity (Wildman–Crippen MR) is 155 cm³/mol. The number of alkyl halides is 1. The zero-order valence-electron chi connectivity index (χ0n) is 25.0. The fraction of sp³-hybridized carbons (Fsp3) is 0.724. The minimum atomic E-state index is -0.884. The number of carbonyl (C=O) groups excluding carboxylic acids is 1. The fourth-order valence-electron chi connectivity index (χ4n) is 8.16. The molecule has 7 heterocycles. The van der Waals surface area contributed by atoms with Gasteiger partial charge in [0.05, 0.1) is 34.7 Å². The molecule has 0 saturated carbocycles. The van der Waals surface area contributed by atoms with Crippen molar-refractivity contribution >= 4 is 53.3 Å². The van der Waals surface area contributed by atoms with Gasteiger partial charge in [-0.15, -0.1) is 0 Å². The molecule has 4 fully saturated rings. The number of halogens is 3. The van der Waals surface area contributed by atoms with Crippen molar-refractivity contribution in [1.29, 1.82) is 0 Å². The summed E-state index contributed by atoms with van der Waals surface area (Å²) in [7, 11) is 0. The molecule has 1 radical (unpaired) electrons. The van der Waals surface area contributed by atoms with Crippen molar-refractivity contribution < 1.29 is 23.0 Å². The molecule has 4 saturated heterocycles. The van der Waals surface area contributed by atoms with Gasteiger partial charge in [0.25, 0.3) is 0 Å². The van der Waals surface area contributed by atoms with Crippen molar-refractivity contribution in [2.24, 2.45) is 5.92 Å². The molecule has 223 valence electrons. The summed E-state index contributed by atoms with van der Waals surface area (Å²) in [6.07, 6.45) is 3.29. The molecule has 0 aromatic carbocycles. The number of carbonyl (C=O) groups is 1. The van der Waals surface area contributed by atoms with Crippen LogP contribution < -0.4 is 9.64 Å². The smallest absolute Gasteiger partial charge is 0.410 e. The Bertz CT molecular complexity index is 1410. The molecule has 6 atom stereocenters. The van der Waals surface area contributed by atoms with Crippen molar-refractivity contribution in [2.75, 3.05) is 31.1 Å². The molecule has 0 N–H and O–H groups in total. The Labute approximate surface area is 261 Å². The number of piperazine rings is 1. The van der Waals surface area contributed by atoms with Crippen molar-refractivity contribution in [3.63, 3.8) is 0 Å². The zero-order chi connectivity index (χ0) is 28.8. The fourth-order valence-corrected chi connectivity index (χ4v) is 8.36. The second-order valence-corrected chi connectivity index (χ2v) is 13.9. The maximum Gasteiger partial charge on any atom is 0.410 e. The first kappa shape index (κ1) is 30.1. The zero-order valence-corrected chi connectivity index (χ0v) is 25.8. The summed E-state index contributed by atoms with van der Waals surface area (Å²) >= 11 is 6.29. The number of ether oxygens (including phenoxy) is 2. The number of pyridine rings is 1. The van der Waals surface area contributed by atoms with Crippen LogP contribution >= 0.6 is 11.6 Å². The molecule has 7 rings (SSSR count). The summed E-state index contributed by atoms with van der Waals surface area (Å²) in [4.78, 5) is 33.5. The van der Waals surface area contributed by atoms with Crippen LogP contribution in [0.3, 0.4) is 0 Å². The van der Waals surface area contributed by atoms with Crippen LogP contribution in [0.5, 0.6) is 6.01 Å². The third-order valence-corrected chi connectivity index (χ3v) is 9.94. The monoisotopic (exact) mass is 597 g/mol. The molecule has 0 spiro atoms. The molecule has 9 nitrogen and oxygen atoms in total. The van der Waals surface area contributed by atoms with E-state index in [0.717, 1.165) is 32.2 Å². The van der Waals surface area contributed by atoms with E-state index in [1.807, 2.05) is 25.7 Å². The summed E-state index contributed by atoms with van der Waals surface area (Å²) in [5, 5.41) is 0.313. The summed E-state index contributed by atoms with van der Waals surface area (Å²) in [5.41, 5.74) is -0.254. The normalized spacial score (nSPS) is 31.9. The van der Waals surface area contributed by atoms with Crippen molar-refractivity contribution in [2.45, 2.75) is 102 Å². The first-order valence-electron chi connectivity index (χ1n) is 14.8. The standard InChI is InChI=1S/C29H37ClF2N6O3.Li/c1-15-10-18-20-22(21(32)24(30)33-18)34-26(40-14-29-8-5-9-36(29)12-16(31)11-29)35-25(20)37-13-17-6-7-19(23(15)37)38(17)27(39)41-28(2,3)4;/h15-17,19,23H,5-14H2,1-4H3;/t15-,16+,17+,19-,23-,29-;/m0./s1. The average Bonchev–Trinajstić information content (AvgIpc) is 3.49. The van der Waals surface area contributed by atoms with Gasteiger partial charge in [-0.05, 0) is 65.3 Å². The van der Waals surface area contributed by atoms with Gasteiger partial charge in [0.1, 0.15) is 29.7 Å². The Kier molecular flexibility index (Phi) is 7.60. The number of amides is 1. The van der Waals surface area contributed by atoms with E-state index in [2.05, 4.69) is 26.7 Å². The Morgan fingerprint density at radius 1 is 1.19 bits per heavy atom. The number of hydrogen-bond acceptors (Lipinski definition) is 8. The predicted octanol–water partition coefficient (Wildman–Crippen LogP) is 4.54. The van der Waals surface area contributed by atoms with Gasteiger partial charge in [-0.25, -0.2) is 18.6 Å². The van der Waals surface area contributed by atoms with E-state index in [0.29, 0.717) is 42.8 Å². The quantitative estimate of drug-likeness (QED) is 0.377. The summed E-state index contributed by atoms with van der Waals surface area (Å²) < 4.78 is 42.0. The molecule has 42 heavy (non-hydrogen) atoms. The maximum absolute atomic E-state index is 15.6. The molecule has 2 bridgehead atoms. The van der Waals surface area contributed by atoms with E-state index in [-0.39, 0.29) is 77.8 Å². The van der Waals surface area contributed by atoms with E-state index in [4.69, 9.17) is 26.1 Å². The Hall–Kier alpha value is -1.93. The third-order valence-electron chi connectivity index (χ3n) is 9.69. The molecular formula is C29H37ClF2LiN6O3. The molecular weight excluding hydrogens is 561 g/mol. The first-order valence-corrected chi connectivity index (χ1v) is 15.2. The number of anilines is 1. The van der Waals surface area contributed by atoms with Crippen molar-refractivity contribution in [3.8, 4) is 6.01 Å². The van der Waals surface area contributed by atoms with Gasteiger partial charge in [0.2, 0.25) is 0 Å². The molecule has 2 aromatic heterocycles. The van der Waals surface area contributed by atoms with Crippen LogP contribution in [0.2, 0.25) is 5.15 Å². The van der Waals surface area contributed by atoms with Crippen LogP contribution in [0.4, 0.5) is 19.4 Å². The average molecular weight is 598 g/mol. The summed E-state index contributed by atoms with van der Waals surface area (Å²) in [6, 6.07) is -0.188. The van der Waals surface area contributed by atoms with Crippen molar-refractivity contribution in [3.05, 3.63) is 16.7 Å². The molecule has 1 amide bonds. The second kappa shape index (κ2) is 10.6. The van der Waals surface area contributed by atoms with Gasteiger partial charge in [-0.3, -0.25) is 9.80 Å². The first-order chi connectivity index (χ1) is 19.4. The van der Waals surface area contributed by atoms with Gasteiger partial charge in [0.15, 0.2) is 11.0 Å². The minimum absolute atomic E-state index is 0. The minimum Gasteiger partial charge on any atom is -0.461 e. The van der Waals surface area contributed by atoms with E-state index in [1.165, 1.54) is 0 Å². The van der Waals surface area contributed by atoms with Gasteiger partial charge in [-0.1, -0.05) is 18.5 Å². The topological polar surface area (TPSA) is 83.9 Å². The van der Waals surface area contributed by atoms with E-state index < -0.39 is 17.6 Å². The van der Waals surface area contributed by atoms with Crippen molar-refractivity contribution in [1.82, 2.24) is 24.8 Å². The van der Waals surface area contributed by atoms with Crippen LogP contribution in [0, 0.1) is 11.7 Å².